The number of aryl methyl sites for hydroxylation is 2. The van der Waals surface area contributed by atoms with Crippen molar-refractivity contribution in [2.75, 3.05) is 18.6 Å². The van der Waals surface area contributed by atoms with Crippen molar-refractivity contribution in [1.82, 2.24) is 14.7 Å². The van der Waals surface area contributed by atoms with E-state index in [4.69, 9.17) is 26.5 Å². The number of ether oxygens (including phenoxy) is 1. The summed E-state index contributed by atoms with van der Waals surface area (Å²) in [5, 5.41) is 26.9. The second-order valence-corrected chi connectivity index (χ2v) is 16.8. The number of imide groups is 2. The highest BCUT2D eigenvalue weighted by atomic mass is 35.5. The van der Waals surface area contributed by atoms with Crippen molar-refractivity contribution in [2.24, 2.45) is 36.1 Å². The number of amides is 4. The molecule has 4 aliphatic rings. The largest absolute Gasteiger partial charge is 0.508 e. The van der Waals surface area contributed by atoms with Crippen LogP contribution in [0.25, 0.3) is 20.7 Å². The van der Waals surface area contributed by atoms with Crippen LogP contribution in [0, 0.1) is 36.0 Å². The maximum absolute atomic E-state index is 15.1. The Balaban J connectivity index is 1.19. The highest BCUT2D eigenvalue weighted by molar-refractivity contribution is 7.22. The number of fused-ring (bicyclic) bond motifs is 5. The smallest absolute Gasteiger partial charge is 0.303 e. The molecule has 2 N–H and O–H groups in total. The number of aromatic nitrogens is 2. The van der Waals surface area contributed by atoms with E-state index in [1.807, 2.05) is 31.2 Å². The van der Waals surface area contributed by atoms with Crippen LogP contribution in [-0.2, 0) is 31.0 Å². The Labute approximate surface area is 326 Å². The first-order valence-electron chi connectivity index (χ1n) is 18.5. The predicted octanol–water partition coefficient (Wildman–Crippen LogP) is 6.85. The van der Waals surface area contributed by atoms with Crippen LogP contribution in [0.15, 0.2) is 54.1 Å². The lowest BCUT2D eigenvalue weighted by molar-refractivity contribution is -0.141. The molecule has 6 unspecified atom stereocenters. The van der Waals surface area contributed by atoms with E-state index < -0.39 is 52.8 Å². The molecule has 1 saturated carbocycles. The molecule has 8 rings (SSSR count). The number of nitrogens with zero attached hydrogens (tertiary/aromatic N) is 4. The molecule has 4 amide bonds. The van der Waals surface area contributed by atoms with Crippen molar-refractivity contribution in [3.63, 3.8) is 0 Å². The summed E-state index contributed by atoms with van der Waals surface area (Å²) in [6.07, 6.45) is 3.86. The maximum atomic E-state index is 15.1. The Morgan fingerprint density at radius 3 is 2.58 bits per heavy atom. The van der Waals surface area contributed by atoms with E-state index in [-0.39, 0.29) is 43.4 Å². The minimum absolute atomic E-state index is 0.0176. The van der Waals surface area contributed by atoms with E-state index in [2.05, 4.69) is 0 Å². The Kier molecular flexibility index (Phi) is 9.15. The number of anilines is 1. The average Bonchev–Trinajstić information content (AvgIpc) is 3.82. The molecule has 6 atom stereocenters. The fraction of sp³-hybridized carbons (Fsp3) is 0.415. The molecule has 2 aromatic carbocycles. The zero-order valence-electron chi connectivity index (χ0n) is 30.9. The van der Waals surface area contributed by atoms with Gasteiger partial charge in [0.15, 0.2) is 0 Å². The van der Waals surface area contributed by atoms with Gasteiger partial charge in [0.1, 0.15) is 23.0 Å². The number of benzene rings is 2. The van der Waals surface area contributed by atoms with Gasteiger partial charge in [-0.15, -0.1) is 11.3 Å². The molecule has 55 heavy (non-hydrogen) atoms. The number of unbranched alkanes of at least 4 members (excludes halogenated alkanes) is 2. The number of phenolic OH excluding ortho intramolecular Hbond substituents is 1. The number of thiophene rings is 1. The van der Waals surface area contributed by atoms with Gasteiger partial charge in [0.05, 0.1) is 35.2 Å². The van der Waals surface area contributed by atoms with Crippen LogP contribution in [0.2, 0.25) is 5.02 Å². The summed E-state index contributed by atoms with van der Waals surface area (Å²) < 4.78 is 8.34. The molecule has 0 radical (unpaired) electrons. The quantitative estimate of drug-likeness (QED) is 0.0996. The van der Waals surface area contributed by atoms with Gasteiger partial charge < -0.3 is 14.9 Å². The standard InChI is InChI=1S/C41H41ClN4O8S/c1-20-24-17-21(42)12-15-30(24)55-36(20)27-19-31(44(3)43-27)46-38(51)26-18-25-22(35(41(26,2)40(46)53)34-28(47)9-8-10-29(34)54-4)13-14-23-33(25)39(52)45(37(23)50)16-7-5-6-11-32(48)49/h8-10,12-13,15,17,19,23,25-26,33,35,47H,5-7,11,14,16,18H2,1-4H3,(H,48,49). The molecule has 2 aromatic heterocycles. The molecule has 2 saturated heterocycles. The number of phenols is 1. The SMILES string of the molecule is COc1cccc(O)c1C1C2=CCC3C(=O)N(CCCCCC(=O)O)C(=O)C3C2CC2C(=O)N(c3cc(-c4sc5ccc(Cl)cc5c4C)nn3C)C(=O)C21C. The Morgan fingerprint density at radius 2 is 1.84 bits per heavy atom. The van der Waals surface area contributed by atoms with Gasteiger partial charge in [-0.1, -0.05) is 35.7 Å². The number of allylic oxidation sites excluding steroid dienone is 2. The van der Waals surface area contributed by atoms with E-state index in [0.717, 1.165) is 26.1 Å². The molecule has 4 heterocycles. The number of hydrogen-bond acceptors (Lipinski definition) is 9. The van der Waals surface area contributed by atoms with Gasteiger partial charge in [-0.2, -0.15) is 5.10 Å². The van der Waals surface area contributed by atoms with Crippen LogP contribution < -0.4 is 9.64 Å². The zero-order valence-corrected chi connectivity index (χ0v) is 32.4. The van der Waals surface area contributed by atoms with Crippen LogP contribution in [0.1, 0.15) is 62.5 Å². The summed E-state index contributed by atoms with van der Waals surface area (Å²) >= 11 is 7.86. The van der Waals surface area contributed by atoms with Crippen LogP contribution in [0.4, 0.5) is 5.82 Å². The minimum atomic E-state index is -1.40. The number of methoxy groups -OCH3 is 1. The maximum Gasteiger partial charge on any atom is 0.303 e. The second kappa shape index (κ2) is 13.6. The van der Waals surface area contributed by atoms with E-state index in [1.54, 1.807) is 43.5 Å². The number of carboxylic acid groups (broad SMARTS) is 1. The van der Waals surface area contributed by atoms with Gasteiger partial charge in [-0.05, 0) is 86.7 Å². The van der Waals surface area contributed by atoms with Gasteiger partial charge in [-0.25, -0.2) is 4.90 Å². The van der Waals surface area contributed by atoms with Crippen LogP contribution >= 0.6 is 22.9 Å². The molecule has 0 spiro atoms. The first kappa shape index (κ1) is 36.9. The first-order valence-corrected chi connectivity index (χ1v) is 19.7. The lowest BCUT2D eigenvalue weighted by Gasteiger charge is -2.49. The zero-order chi connectivity index (χ0) is 39.1. The fourth-order valence-electron chi connectivity index (χ4n) is 9.77. The van der Waals surface area contributed by atoms with Gasteiger partial charge in [-0.3, -0.25) is 33.6 Å². The van der Waals surface area contributed by atoms with Crippen molar-refractivity contribution in [3.8, 4) is 22.1 Å². The number of carbonyl (C=O) groups excluding carboxylic acids is 4. The van der Waals surface area contributed by atoms with Gasteiger partial charge in [0, 0.05) is 47.3 Å². The van der Waals surface area contributed by atoms with Gasteiger partial charge in [0.2, 0.25) is 23.6 Å². The highest BCUT2D eigenvalue weighted by Gasteiger charge is 2.68. The predicted molar refractivity (Wildman–Crippen MR) is 206 cm³/mol. The number of hydrogen-bond donors (Lipinski definition) is 2. The molecule has 2 aliphatic heterocycles. The molecule has 12 nitrogen and oxygen atoms in total. The van der Waals surface area contributed by atoms with Gasteiger partial charge in [0.25, 0.3) is 0 Å². The number of carbonyl (C=O) groups is 5. The van der Waals surface area contributed by atoms with E-state index in [0.29, 0.717) is 47.1 Å². The second-order valence-electron chi connectivity index (χ2n) is 15.3. The monoisotopic (exact) mass is 784 g/mol. The van der Waals surface area contributed by atoms with E-state index >= 15 is 4.79 Å². The topological polar surface area (TPSA) is 159 Å². The number of aromatic hydroxyl groups is 1. The summed E-state index contributed by atoms with van der Waals surface area (Å²) in [5.74, 6) is -5.54. The third-order valence-corrected chi connectivity index (χ3v) is 13.9. The van der Waals surface area contributed by atoms with Crippen molar-refractivity contribution in [3.05, 3.63) is 70.3 Å². The van der Waals surface area contributed by atoms with Crippen LogP contribution in [0.5, 0.6) is 11.5 Å². The number of rotatable bonds is 10. The third-order valence-electron chi connectivity index (χ3n) is 12.4. The molecule has 286 valence electrons. The Bertz CT molecular complexity index is 2350. The number of likely N-dealkylation sites (tertiary alicyclic amines) is 1. The molecule has 0 bridgehead atoms. The van der Waals surface area contributed by atoms with Crippen molar-refractivity contribution in [2.45, 2.75) is 58.3 Å². The molecular weight excluding hydrogens is 744 g/mol. The van der Waals surface area contributed by atoms with Crippen LogP contribution in [0.3, 0.4) is 0 Å². The summed E-state index contributed by atoms with van der Waals surface area (Å²) in [5.41, 5.74) is 1.27. The summed E-state index contributed by atoms with van der Waals surface area (Å²) in [6, 6.07) is 12.3. The third kappa shape index (κ3) is 5.60. The lowest BCUT2D eigenvalue weighted by atomic mass is 9.51. The first-order chi connectivity index (χ1) is 26.3. The van der Waals surface area contributed by atoms with Gasteiger partial charge >= 0.3 is 5.97 Å². The van der Waals surface area contributed by atoms with Crippen LogP contribution in [-0.4, -0.2) is 68.1 Å². The molecular formula is C41H41ClN4O8S. The summed E-state index contributed by atoms with van der Waals surface area (Å²) in [7, 11) is 3.17. The molecule has 3 fully saturated rings. The summed E-state index contributed by atoms with van der Waals surface area (Å²) in [6.45, 7) is 3.94. The van der Waals surface area contributed by atoms with Crippen molar-refractivity contribution >= 4 is 68.4 Å². The summed E-state index contributed by atoms with van der Waals surface area (Å²) in [4.78, 5) is 72.4. The van der Waals surface area contributed by atoms with Crippen molar-refractivity contribution in [1.29, 1.82) is 0 Å². The van der Waals surface area contributed by atoms with E-state index in [9.17, 15) is 24.3 Å². The average molecular weight is 785 g/mol. The molecule has 14 heteroatoms. The fourth-order valence-corrected chi connectivity index (χ4v) is 11.1. The Hall–Kier alpha value is -5.01. The minimum Gasteiger partial charge on any atom is -0.508 e. The Morgan fingerprint density at radius 1 is 1.05 bits per heavy atom. The number of aliphatic carboxylic acids is 1. The highest BCUT2D eigenvalue weighted by Crippen LogP contribution is 2.65. The number of carboxylic acids is 1. The van der Waals surface area contributed by atoms with E-state index in [1.165, 1.54) is 27.7 Å². The molecule has 2 aliphatic carbocycles. The number of halogens is 1. The molecule has 4 aromatic rings. The normalized spacial score (nSPS) is 26.1. The van der Waals surface area contributed by atoms with Crippen molar-refractivity contribution < 1.29 is 38.9 Å². The lowest BCUT2D eigenvalue weighted by Crippen LogP contribution is -2.49.